The fourth-order valence-corrected chi connectivity index (χ4v) is 3.76. The van der Waals surface area contributed by atoms with Crippen molar-refractivity contribution < 1.29 is 0 Å². The van der Waals surface area contributed by atoms with Crippen molar-refractivity contribution in [1.29, 1.82) is 0 Å². The second-order valence-electron chi connectivity index (χ2n) is 5.61. The van der Waals surface area contributed by atoms with Crippen molar-refractivity contribution in [3.05, 3.63) is 59.4 Å². The molecule has 3 atom stereocenters. The average molecular weight is 283 g/mol. The lowest BCUT2D eigenvalue weighted by molar-refractivity contribution is 0.572. The Kier molecular flexibility index (Phi) is 2.86. The summed E-state index contributed by atoms with van der Waals surface area (Å²) in [5, 5.41) is 2.05. The van der Waals surface area contributed by atoms with Crippen molar-refractivity contribution in [3.63, 3.8) is 0 Å². The number of thiazole rings is 1. The fraction of sp³-hybridized carbons (Fsp3) is 0.312. The molecule has 4 heteroatoms. The summed E-state index contributed by atoms with van der Waals surface area (Å²) in [5.74, 6) is 1.26. The van der Waals surface area contributed by atoms with Crippen LogP contribution in [0.3, 0.4) is 0 Å². The minimum absolute atomic E-state index is 0.213. The van der Waals surface area contributed by atoms with Gasteiger partial charge in [0.2, 0.25) is 0 Å². The van der Waals surface area contributed by atoms with Gasteiger partial charge in [0.1, 0.15) is 0 Å². The summed E-state index contributed by atoms with van der Waals surface area (Å²) in [6.07, 6.45) is 6.24. The first kappa shape index (κ1) is 12.1. The van der Waals surface area contributed by atoms with E-state index in [4.69, 9.17) is 5.73 Å². The first-order valence-electron chi connectivity index (χ1n) is 7.03. The SMILES string of the molecule is NC(Cc1cn2ccsc2n1)C1CC1c1ccccc1. The van der Waals surface area contributed by atoms with Crippen molar-refractivity contribution in [2.24, 2.45) is 11.7 Å². The van der Waals surface area contributed by atoms with Gasteiger partial charge in [-0.3, -0.25) is 4.40 Å². The lowest BCUT2D eigenvalue weighted by atomic mass is 10.0. The van der Waals surface area contributed by atoms with E-state index in [1.54, 1.807) is 11.3 Å². The summed E-state index contributed by atoms with van der Waals surface area (Å²) < 4.78 is 2.08. The molecule has 0 amide bonds. The van der Waals surface area contributed by atoms with Gasteiger partial charge in [-0.25, -0.2) is 4.98 Å². The van der Waals surface area contributed by atoms with Crippen LogP contribution in [0, 0.1) is 5.92 Å². The second kappa shape index (κ2) is 4.72. The van der Waals surface area contributed by atoms with Crippen LogP contribution in [0.25, 0.3) is 4.96 Å². The topological polar surface area (TPSA) is 43.3 Å². The summed E-state index contributed by atoms with van der Waals surface area (Å²) in [6, 6.07) is 10.9. The Morgan fingerprint density at radius 1 is 1.35 bits per heavy atom. The Balaban J connectivity index is 1.44. The summed E-state index contributed by atoms with van der Waals surface area (Å²) >= 11 is 1.67. The molecule has 1 aromatic carbocycles. The van der Waals surface area contributed by atoms with Crippen LogP contribution in [-0.4, -0.2) is 15.4 Å². The standard InChI is InChI=1S/C16H17N3S/c17-15(8-12-10-19-6-7-20-16(19)18-12)14-9-13(14)11-4-2-1-3-5-11/h1-7,10,13-15H,8-9,17H2. The van der Waals surface area contributed by atoms with E-state index >= 15 is 0 Å². The normalized spacial score (nSPS) is 23.1. The number of nitrogens with two attached hydrogens (primary N) is 1. The zero-order valence-electron chi connectivity index (χ0n) is 11.1. The largest absolute Gasteiger partial charge is 0.327 e. The van der Waals surface area contributed by atoms with E-state index in [-0.39, 0.29) is 6.04 Å². The first-order valence-corrected chi connectivity index (χ1v) is 7.91. The first-order chi connectivity index (χ1) is 9.81. The Morgan fingerprint density at radius 2 is 2.20 bits per heavy atom. The molecule has 20 heavy (non-hydrogen) atoms. The van der Waals surface area contributed by atoms with Crippen LogP contribution in [0.5, 0.6) is 0 Å². The molecule has 0 bridgehead atoms. The van der Waals surface area contributed by atoms with Crippen molar-refractivity contribution in [2.75, 3.05) is 0 Å². The molecule has 1 fully saturated rings. The third-order valence-corrected chi connectivity index (χ3v) is 4.98. The predicted octanol–water partition coefficient (Wildman–Crippen LogP) is 3.07. The maximum atomic E-state index is 6.38. The van der Waals surface area contributed by atoms with Crippen LogP contribution < -0.4 is 5.73 Å². The molecular formula is C16H17N3S. The molecule has 0 saturated heterocycles. The lowest BCUT2D eigenvalue weighted by Gasteiger charge is -2.09. The Hall–Kier alpha value is -1.65. The number of aromatic nitrogens is 2. The van der Waals surface area contributed by atoms with Gasteiger partial charge >= 0.3 is 0 Å². The molecule has 2 N–H and O–H groups in total. The van der Waals surface area contributed by atoms with Gasteiger partial charge in [-0.05, 0) is 23.8 Å². The molecule has 3 unspecified atom stereocenters. The van der Waals surface area contributed by atoms with Gasteiger partial charge in [0, 0.05) is 30.2 Å². The number of imidazole rings is 1. The van der Waals surface area contributed by atoms with Gasteiger partial charge in [-0.15, -0.1) is 11.3 Å². The number of rotatable bonds is 4. The van der Waals surface area contributed by atoms with Crippen molar-refractivity contribution in [3.8, 4) is 0 Å². The second-order valence-corrected chi connectivity index (χ2v) is 6.48. The maximum Gasteiger partial charge on any atom is 0.193 e. The highest BCUT2D eigenvalue weighted by molar-refractivity contribution is 7.15. The summed E-state index contributed by atoms with van der Waals surface area (Å²) in [4.78, 5) is 5.68. The van der Waals surface area contributed by atoms with Gasteiger partial charge in [0.25, 0.3) is 0 Å². The van der Waals surface area contributed by atoms with E-state index in [2.05, 4.69) is 51.3 Å². The highest BCUT2D eigenvalue weighted by Crippen LogP contribution is 2.49. The molecule has 102 valence electrons. The quantitative estimate of drug-likeness (QED) is 0.799. The summed E-state index contributed by atoms with van der Waals surface area (Å²) in [5.41, 5.74) is 8.93. The number of hydrogen-bond donors (Lipinski definition) is 1. The van der Waals surface area contributed by atoms with Crippen LogP contribution in [0.2, 0.25) is 0 Å². The molecule has 1 aliphatic rings. The minimum Gasteiger partial charge on any atom is -0.327 e. The highest BCUT2D eigenvalue weighted by Gasteiger charge is 2.42. The van der Waals surface area contributed by atoms with Crippen molar-refractivity contribution >= 4 is 16.3 Å². The van der Waals surface area contributed by atoms with E-state index in [9.17, 15) is 0 Å². The average Bonchev–Trinajstić information content (AvgIpc) is 3.02. The van der Waals surface area contributed by atoms with Crippen LogP contribution in [0.1, 0.15) is 23.6 Å². The molecule has 2 heterocycles. The third-order valence-electron chi connectivity index (χ3n) is 4.21. The molecule has 0 spiro atoms. The van der Waals surface area contributed by atoms with Crippen LogP contribution in [0.4, 0.5) is 0 Å². The highest BCUT2D eigenvalue weighted by atomic mass is 32.1. The Bertz CT molecular complexity index is 687. The van der Waals surface area contributed by atoms with E-state index < -0.39 is 0 Å². The summed E-state index contributed by atoms with van der Waals surface area (Å²) in [7, 11) is 0. The Labute approximate surface area is 122 Å². The van der Waals surface area contributed by atoms with Gasteiger partial charge in [0.05, 0.1) is 5.69 Å². The molecule has 0 aliphatic heterocycles. The van der Waals surface area contributed by atoms with Gasteiger partial charge in [-0.1, -0.05) is 30.3 Å². The zero-order valence-corrected chi connectivity index (χ0v) is 12.0. The Morgan fingerprint density at radius 3 is 3.00 bits per heavy atom. The molecule has 4 rings (SSSR count). The fourth-order valence-electron chi connectivity index (χ4n) is 3.04. The molecule has 1 aliphatic carbocycles. The van der Waals surface area contributed by atoms with Gasteiger partial charge in [0.15, 0.2) is 4.96 Å². The van der Waals surface area contributed by atoms with Gasteiger partial charge < -0.3 is 5.73 Å². The number of hydrogen-bond acceptors (Lipinski definition) is 3. The van der Waals surface area contributed by atoms with Gasteiger partial charge in [-0.2, -0.15) is 0 Å². The summed E-state index contributed by atoms with van der Waals surface area (Å²) in [6.45, 7) is 0. The zero-order chi connectivity index (χ0) is 13.5. The van der Waals surface area contributed by atoms with Crippen LogP contribution >= 0.6 is 11.3 Å². The molecule has 0 radical (unpaired) electrons. The molecule has 3 aromatic rings. The number of benzene rings is 1. The molecular weight excluding hydrogens is 266 g/mol. The lowest BCUT2D eigenvalue weighted by Crippen LogP contribution is -2.26. The third kappa shape index (κ3) is 2.15. The number of nitrogens with zero attached hydrogens (tertiary/aromatic N) is 2. The van der Waals surface area contributed by atoms with E-state index in [0.29, 0.717) is 11.8 Å². The molecule has 3 nitrogen and oxygen atoms in total. The minimum atomic E-state index is 0.213. The van der Waals surface area contributed by atoms with Crippen molar-refractivity contribution in [1.82, 2.24) is 9.38 Å². The van der Waals surface area contributed by atoms with E-state index in [1.165, 1.54) is 12.0 Å². The van der Waals surface area contributed by atoms with E-state index in [0.717, 1.165) is 17.1 Å². The molecule has 1 saturated carbocycles. The maximum absolute atomic E-state index is 6.38. The predicted molar refractivity (Wildman–Crippen MR) is 82.0 cm³/mol. The number of fused-ring (bicyclic) bond motifs is 1. The van der Waals surface area contributed by atoms with E-state index in [1.807, 2.05) is 6.20 Å². The van der Waals surface area contributed by atoms with Crippen LogP contribution in [-0.2, 0) is 6.42 Å². The van der Waals surface area contributed by atoms with Crippen molar-refractivity contribution in [2.45, 2.75) is 24.8 Å². The molecule has 2 aromatic heterocycles. The smallest absolute Gasteiger partial charge is 0.193 e. The van der Waals surface area contributed by atoms with Crippen LogP contribution in [0.15, 0.2) is 48.1 Å². The monoisotopic (exact) mass is 283 g/mol.